The number of para-hydroxylation sites is 1. The normalized spacial score (nSPS) is 13.7. The maximum absolute atomic E-state index is 11.7. The molecule has 0 amide bonds. The highest BCUT2D eigenvalue weighted by Crippen LogP contribution is 2.38. The monoisotopic (exact) mass is 422 g/mol. The zero-order valence-electron chi connectivity index (χ0n) is 16.5. The van der Waals surface area contributed by atoms with Gasteiger partial charge in [-0.2, -0.15) is 5.10 Å². The number of rotatable bonds is 11. The lowest BCUT2D eigenvalue weighted by Crippen LogP contribution is -2.32. The summed E-state index contributed by atoms with van der Waals surface area (Å²) in [6, 6.07) is 6.05. The molecule has 9 heteroatoms. The van der Waals surface area contributed by atoms with E-state index in [0.29, 0.717) is 48.9 Å². The van der Waals surface area contributed by atoms with Gasteiger partial charge in [0.05, 0.1) is 17.8 Å². The van der Waals surface area contributed by atoms with Gasteiger partial charge < -0.3 is 24.8 Å². The Bertz CT molecular complexity index is 845. The number of fused-ring (bicyclic) bond motifs is 1. The van der Waals surface area contributed by atoms with Crippen molar-refractivity contribution < 1.29 is 14.2 Å². The Morgan fingerprint density at radius 2 is 2.17 bits per heavy atom. The average Bonchev–Trinajstić information content (AvgIpc) is 2.74. The van der Waals surface area contributed by atoms with Crippen molar-refractivity contribution in [1.29, 1.82) is 0 Å². The molecule has 1 aromatic carbocycles. The molecule has 158 valence electrons. The van der Waals surface area contributed by atoms with Gasteiger partial charge >= 0.3 is 0 Å². The van der Waals surface area contributed by atoms with Gasteiger partial charge in [0.1, 0.15) is 18.9 Å². The zero-order chi connectivity index (χ0) is 20.5. The minimum absolute atomic E-state index is 0.313. The molecule has 1 aliphatic heterocycles. The van der Waals surface area contributed by atoms with Gasteiger partial charge in [-0.1, -0.05) is 24.6 Å². The molecule has 0 fully saturated rings. The van der Waals surface area contributed by atoms with Crippen LogP contribution in [0.1, 0.15) is 26.2 Å². The molecule has 3 N–H and O–H groups in total. The Hall–Kier alpha value is -2.45. The number of H-pyrrole nitrogens is 1. The third-order valence-corrected chi connectivity index (χ3v) is 4.93. The van der Waals surface area contributed by atoms with E-state index in [2.05, 4.69) is 27.8 Å². The van der Waals surface area contributed by atoms with Crippen molar-refractivity contribution >= 4 is 17.3 Å². The second kappa shape index (κ2) is 10.9. The fourth-order valence-corrected chi connectivity index (χ4v) is 3.27. The van der Waals surface area contributed by atoms with Crippen molar-refractivity contribution in [3.05, 3.63) is 39.8 Å². The molecular weight excluding hydrogens is 396 g/mol. The van der Waals surface area contributed by atoms with E-state index in [1.54, 1.807) is 0 Å². The van der Waals surface area contributed by atoms with E-state index in [1.165, 1.54) is 6.20 Å². The summed E-state index contributed by atoms with van der Waals surface area (Å²) in [6.45, 7) is 5.30. The lowest BCUT2D eigenvalue weighted by molar-refractivity contribution is 0.161. The summed E-state index contributed by atoms with van der Waals surface area (Å²) in [6.07, 6.45) is 4.15. The first-order chi connectivity index (χ1) is 14.2. The first kappa shape index (κ1) is 21.3. The Kier molecular flexibility index (Phi) is 8.01. The zero-order valence-corrected chi connectivity index (χ0v) is 17.3. The third-order valence-electron chi connectivity index (χ3n) is 4.64. The van der Waals surface area contributed by atoms with E-state index in [0.717, 1.165) is 37.3 Å². The lowest BCUT2D eigenvalue weighted by atomic mass is 10.1. The Morgan fingerprint density at radius 3 is 3.00 bits per heavy atom. The van der Waals surface area contributed by atoms with E-state index in [1.807, 2.05) is 18.2 Å². The van der Waals surface area contributed by atoms with Crippen LogP contribution in [0.4, 0.5) is 5.69 Å². The summed E-state index contributed by atoms with van der Waals surface area (Å²) in [7, 11) is 0. The second-order valence-electron chi connectivity index (χ2n) is 6.68. The molecule has 29 heavy (non-hydrogen) atoms. The van der Waals surface area contributed by atoms with Gasteiger partial charge in [-0.05, 0) is 37.9 Å². The van der Waals surface area contributed by atoms with Crippen LogP contribution in [-0.4, -0.2) is 49.1 Å². The molecule has 1 aromatic heterocycles. The predicted octanol–water partition coefficient (Wildman–Crippen LogP) is 2.83. The number of nitrogens with zero attached hydrogens (tertiary/aromatic N) is 1. The molecule has 2 heterocycles. The smallest absolute Gasteiger partial charge is 0.289 e. The van der Waals surface area contributed by atoms with Crippen molar-refractivity contribution in [3.63, 3.8) is 0 Å². The average molecular weight is 423 g/mol. The van der Waals surface area contributed by atoms with Gasteiger partial charge in [0.2, 0.25) is 5.75 Å². The second-order valence-corrected chi connectivity index (χ2v) is 7.09. The van der Waals surface area contributed by atoms with Crippen LogP contribution in [0.3, 0.4) is 0 Å². The molecule has 1 atom stereocenters. The molecule has 1 unspecified atom stereocenters. The van der Waals surface area contributed by atoms with Gasteiger partial charge in [0.15, 0.2) is 11.5 Å². The van der Waals surface area contributed by atoms with Crippen molar-refractivity contribution in [3.8, 4) is 17.2 Å². The van der Waals surface area contributed by atoms with E-state index < -0.39 is 0 Å². The quantitative estimate of drug-likeness (QED) is 0.479. The number of aromatic amines is 1. The topological polar surface area (TPSA) is 97.5 Å². The maximum atomic E-state index is 11.7. The summed E-state index contributed by atoms with van der Waals surface area (Å²) in [5.41, 5.74) is 0.0472. The van der Waals surface area contributed by atoms with Crippen LogP contribution < -0.4 is 30.4 Å². The number of aromatic nitrogens is 2. The van der Waals surface area contributed by atoms with E-state index in [9.17, 15) is 4.79 Å². The number of hydrogen-bond donors (Lipinski definition) is 3. The number of benzene rings is 1. The highest BCUT2D eigenvalue weighted by molar-refractivity contribution is 6.32. The first-order valence-electron chi connectivity index (χ1n) is 9.91. The highest BCUT2D eigenvalue weighted by atomic mass is 35.5. The largest absolute Gasteiger partial charge is 0.489 e. The molecule has 0 saturated carbocycles. The summed E-state index contributed by atoms with van der Waals surface area (Å²) in [5, 5.41) is 12.9. The van der Waals surface area contributed by atoms with Gasteiger partial charge in [0.25, 0.3) is 5.56 Å². The number of ether oxygens (including phenoxy) is 3. The van der Waals surface area contributed by atoms with E-state index >= 15 is 0 Å². The molecule has 8 nitrogen and oxygen atoms in total. The minimum Gasteiger partial charge on any atom is -0.489 e. The highest BCUT2D eigenvalue weighted by Gasteiger charge is 2.17. The Morgan fingerprint density at radius 1 is 1.31 bits per heavy atom. The fraction of sp³-hybridized carbons (Fsp3) is 0.500. The number of anilines is 1. The van der Waals surface area contributed by atoms with Crippen LogP contribution in [0, 0.1) is 0 Å². The maximum Gasteiger partial charge on any atom is 0.289 e. The molecule has 0 aliphatic carbocycles. The van der Waals surface area contributed by atoms with E-state index in [4.69, 9.17) is 25.8 Å². The van der Waals surface area contributed by atoms with Crippen LogP contribution >= 0.6 is 11.6 Å². The summed E-state index contributed by atoms with van der Waals surface area (Å²) in [4.78, 5) is 11.7. The lowest BCUT2D eigenvalue weighted by Gasteiger charge is -2.22. The number of nitrogens with one attached hydrogen (secondary N) is 3. The SMILES string of the molecule is CCC(CCOc1cccc2c1OCCO2)NCCCNc1c(Cl)cn[nH]c1=O. The summed E-state index contributed by atoms with van der Waals surface area (Å²) < 4.78 is 17.2. The van der Waals surface area contributed by atoms with Gasteiger partial charge in [0, 0.05) is 12.6 Å². The van der Waals surface area contributed by atoms with Crippen LogP contribution in [0.5, 0.6) is 17.2 Å². The molecular formula is C20H27ClN4O4. The van der Waals surface area contributed by atoms with Gasteiger partial charge in [-0.3, -0.25) is 4.79 Å². The number of halogens is 1. The molecule has 0 spiro atoms. The van der Waals surface area contributed by atoms with Crippen LogP contribution in [0.15, 0.2) is 29.2 Å². The van der Waals surface area contributed by atoms with Crippen LogP contribution in [0.25, 0.3) is 0 Å². The van der Waals surface area contributed by atoms with Gasteiger partial charge in [-0.25, -0.2) is 5.10 Å². The van der Waals surface area contributed by atoms with Crippen molar-refractivity contribution in [1.82, 2.24) is 15.5 Å². The Labute approximate surface area is 174 Å². The van der Waals surface area contributed by atoms with Crippen LogP contribution in [0.2, 0.25) is 5.02 Å². The van der Waals surface area contributed by atoms with Crippen LogP contribution in [-0.2, 0) is 0 Å². The molecule has 0 bridgehead atoms. The standard InChI is InChI=1S/C20H27ClN4O4/c1-2-14(22-8-4-9-23-18-15(21)13-24-25-20(18)26)7-10-27-16-5-3-6-17-19(16)29-12-11-28-17/h3,5-6,13-14,22H,2,4,7-12H2,1H3,(H,23,24)(H,25,26). The van der Waals surface area contributed by atoms with Crippen molar-refractivity contribution in [2.45, 2.75) is 32.2 Å². The fourth-order valence-electron chi connectivity index (χ4n) is 3.07. The predicted molar refractivity (Wildman–Crippen MR) is 113 cm³/mol. The van der Waals surface area contributed by atoms with Crippen molar-refractivity contribution in [2.24, 2.45) is 0 Å². The summed E-state index contributed by atoms with van der Waals surface area (Å²) in [5.74, 6) is 2.15. The third kappa shape index (κ3) is 6.01. The van der Waals surface area contributed by atoms with Gasteiger partial charge in [-0.15, -0.1) is 0 Å². The first-order valence-corrected chi connectivity index (χ1v) is 10.3. The van der Waals surface area contributed by atoms with E-state index in [-0.39, 0.29) is 5.56 Å². The number of hydrogen-bond acceptors (Lipinski definition) is 7. The Balaban J connectivity index is 1.36. The molecule has 0 radical (unpaired) electrons. The molecule has 1 aliphatic rings. The minimum atomic E-state index is -0.313. The molecule has 0 saturated heterocycles. The molecule has 2 aromatic rings. The summed E-state index contributed by atoms with van der Waals surface area (Å²) >= 11 is 5.98. The van der Waals surface area contributed by atoms with Crippen molar-refractivity contribution in [2.75, 3.05) is 38.2 Å². The molecule has 3 rings (SSSR count).